The third-order valence-corrected chi connectivity index (χ3v) is 2.56. The lowest BCUT2D eigenvalue weighted by Gasteiger charge is -2.12. The molecule has 12 heavy (non-hydrogen) atoms. The molecule has 0 bridgehead atoms. The van der Waals surface area contributed by atoms with E-state index in [4.69, 9.17) is 5.11 Å². The van der Waals surface area contributed by atoms with Gasteiger partial charge in [-0.15, -0.1) is 11.3 Å². The van der Waals surface area contributed by atoms with E-state index in [-0.39, 0.29) is 12.1 Å². The van der Waals surface area contributed by atoms with E-state index >= 15 is 0 Å². The fraction of sp³-hybridized carbons (Fsp3) is 0.625. The molecule has 4 heteroatoms. The number of aliphatic hydroxyl groups excluding tert-OH is 1. The van der Waals surface area contributed by atoms with Crippen LogP contribution in [-0.4, -0.2) is 22.7 Å². The third kappa shape index (κ3) is 2.89. The van der Waals surface area contributed by atoms with Gasteiger partial charge in [-0.05, 0) is 13.8 Å². The molecule has 0 aliphatic heterocycles. The van der Waals surface area contributed by atoms with Crippen LogP contribution >= 0.6 is 11.3 Å². The Balaban J connectivity index is 2.34. The molecule has 0 spiro atoms. The van der Waals surface area contributed by atoms with Crippen LogP contribution in [0.1, 0.15) is 24.8 Å². The largest absolute Gasteiger partial charge is 0.392 e. The van der Waals surface area contributed by atoms with Crippen LogP contribution in [0.3, 0.4) is 0 Å². The molecule has 0 radical (unpaired) electrons. The molecule has 0 amide bonds. The molecule has 0 saturated carbocycles. The molecule has 0 fully saturated rings. The Bertz CT molecular complexity index is 211. The van der Waals surface area contributed by atoms with Gasteiger partial charge in [0.05, 0.1) is 11.6 Å². The number of rotatable bonds is 4. The summed E-state index contributed by atoms with van der Waals surface area (Å²) in [5, 5.41) is 12.2. The predicted molar refractivity (Wildman–Crippen MR) is 50.2 cm³/mol. The Morgan fingerprint density at radius 1 is 1.67 bits per heavy atom. The summed E-state index contributed by atoms with van der Waals surface area (Å²) in [6, 6.07) is 0.284. The maximum absolute atomic E-state index is 9.02. The van der Waals surface area contributed by atoms with Crippen molar-refractivity contribution in [3.8, 4) is 0 Å². The van der Waals surface area contributed by atoms with Gasteiger partial charge in [-0.25, -0.2) is 0 Å². The number of aliphatic hydroxyl groups is 1. The molecule has 0 aliphatic carbocycles. The van der Waals surface area contributed by atoms with Crippen molar-refractivity contribution in [3.63, 3.8) is 0 Å². The number of nitrogens with zero attached hydrogens (tertiary/aromatic N) is 1. The Kier molecular flexibility index (Phi) is 3.65. The van der Waals surface area contributed by atoms with Crippen molar-refractivity contribution in [3.05, 3.63) is 16.6 Å². The molecule has 68 valence electrons. The van der Waals surface area contributed by atoms with Crippen molar-refractivity contribution >= 4 is 11.3 Å². The van der Waals surface area contributed by atoms with Gasteiger partial charge in [0, 0.05) is 23.7 Å². The average molecular weight is 186 g/mol. The molecule has 2 atom stereocenters. The van der Waals surface area contributed by atoms with Gasteiger partial charge in [-0.1, -0.05) is 0 Å². The SMILES string of the molecule is CC(NC[C@H](C)O)c1cncs1. The molecule has 1 aromatic heterocycles. The van der Waals surface area contributed by atoms with Crippen LogP contribution in [0, 0.1) is 0 Å². The molecule has 1 rings (SSSR count). The van der Waals surface area contributed by atoms with E-state index in [9.17, 15) is 0 Å². The first-order valence-corrected chi connectivity index (χ1v) is 4.88. The van der Waals surface area contributed by atoms with Crippen molar-refractivity contribution in [1.82, 2.24) is 10.3 Å². The van der Waals surface area contributed by atoms with Crippen LogP contribution in [0.4, 0.5) is 0 Å². The lowest BCUT2D eigenvalue weighted by Crippen LogP contribution is -2.26. The quantitative estimate of drug-likeness (QED) is 0.742. The second kappa shape index (κ2) is 4.54. The predicted octanol–water partition coefficient (Wildman–Crippen LogP) is 1.17. The van der Waals surface area contributed by atoms with E-state index in [1.807, 2.05) is 11.7 Å². The Hall–Kier alpha value is -0.450. The molecule has 0 aromatic carbocycles. The zero-order valence-corrected chi connectivity index (χ0v) is 8.14. The van der Waals surface area contributed by atoms with E-state index < -0.39 is 0 Å². The zero-order chi connectivity index (χ0) is 8.97. The minimum Gasteiger partial charge on any atom is -0.392 e. The first-order chi connectivity index (χ1) is 5.70. The van der Waals surface area contributed by atoms with Gasteiger partial charge < -0.3 is 10.4 Å². The van der Waals surface area contributed by atoms with Crippen molar-refractivity contribution in [1.29, 1.82) is 0 Å². The smallest absolute Gasteiger partial charge is 0.0794 e. The van der Waals surface area contributed by atoms with Crippen molar-refractivity contribution < 1.29 is 5.11 Å². The summed E-state index contributed by atoms with van der Waals surface area (Å²) in [7, 11) is 0. The summed E-state index contributed by atoms with van der Waals surface area (Å²) in [4.78, 5) is 5.19. The minimum atomic E-state index is -0.291. The lowest BCUT2D eigenvalue weighted by atomic mass is 10.3. The van der Waals surface area contributed by atoms with Crippen LogP contribution in [0.25, 0.3) is 0 Å². The molecule has 0 saturated heterocycles. The number of thiazole rings is 1. The molecule has 1 heterocycles. The third-order valence-electron chi connectivity index (χ3n) is 1.60. The van der Waals surface area contributed by atoms with E-state index in [1.165, 1.54) is 4.88 Å². The number of hydrogen-bond acceptors (Lipinski definition) is 4. The van der Waals surface area contributed by atoms with Crippen LogP contribution in [0.15, 0.2) is 11.7 Å². The molecule has 1 aromatic rings. The lowest BCUT2D eigenvalue weighted by molar-refractivity contribution is 0.187. The van der Waals surface area contributed by atoms with E-state index in [0.29, 0.717) is 6.54 Å². The summed E-state index contributed by atoms with van der Waals surface area (Å²) < 4.78 is 0. The highest BCUT2D eigenvalue weighted by molar-refractivity contribution is 7.09. The highest BCUT2D eigenvalue weighted by atomic mass is 32.1. The van der Waals surface area contributed by atoms with Gasteiger partial charge in [0.2, 0.25) is 0 Å². The Morgan fingerprint density at radius 2 is 2.42 bits per heavy atom. The molecule has 0 aliphatic rings. The topological polar surface area (TPSA) is 45.1 Å². The van der Waals surface area contributed by atoms with Crippen LogP contribution in [-0.2, 0) is 0 Å². The first-order valence-electron chi connectivity index (χ1n) is 4.00. The summed E-state index contributed by atoms with van der Waals surface area (Å²) in [6.45, 7) is 4.46. The van der Waals surface area contributed by atoms with Gasteiger partial charge in [0.15, 0.2) is 0 Å². The van der Waals surface area contributed by atoms with Crippen LogP contribution in [0.5, 0.6) is 0 Å². The fourth-order valence-electron chi connectivity index (χ4n) is 0.887. The van der Waals surface area contributed by atoms with Crippen LogP contribution in [0.2, 0.25) is 0 Å². The summed E-state index contributed by atoms with van der Waals surface area (Å²) in [5.74, 6) is 0. The molecule has 3 nitrogen and oxygen atoms in total. The second-order valence-corrected chi connectivity index (χ2v) is 3.80. The van der Waals surface area contributed by atoms with Crippen molar-refractivity contribution in [2.75, 3.05) is 6.54 Å². The summed E-state index contributed by atoms with van der Waals surface area (Å²) in [6.07, 6.45) is 1.56. The Labute approximate surface area is 76.5 Å². The minimum absolute atomic E-state index is 0.284. The molecular formula is C8H14N2OS. The molecular weight excluding hydrogens is 172 g/mol. The summed E-state index contributed by atoms with van der Waals surface area (Å²) >= 11 is 1.63. The Morgan fingerprint density at radius 3 is 2.92 bits per heavy atom. The first kappa shape index (κ1) is 9.64. The number of hydrogen-bond donors (Lipinski definition) is 2. The average Bonchev–Trinajstić information content (AvgIpc) is 2.51. The molecule has 1 unspecified atom stereocenters. The van der Waals surface area contributed by atoms with E-state index in [1.54, 1.807) is 18.3 Å². The van der Waals surface area contributed by atoms with Crippen molar-refractivity contribution in [2.24, 2.45) is 0 Å². The van der Waals surface area contributed by atoms with Gasteiger partial charge >= 0.3 is 0 Å². The monoisotopic (exact) mass is 186 g/mol. The summed E-state index contributed by atoms with van der Waals surface area (Å²) in [5.41, 5.74) is 1.82. The van der Waals surface area contributed by atoms with Crippen LogP contribution < -0.4 is 5.32 Å². The van der Waals surface area contributed by atoms with E-state index in [2.05, 4.69) is 17.2 Å². The van der Waals surface area contributed by atoms with Crippen molar-refractivity contribution in [2.45, 2.75) is 26.0 Å². The maximum atomic E-state index is 9.02. The number of nitrogens with one attached hydrogen (secondary N) is 1. The van der Waals surface area contributed by atoms with Gasteiger partial charge in [0.25, 0.3) is 0 Å². The fourth-order valence-corrected chi connectivity index (χ4v) is 1.54. The standard InChI is InChI=1S/C8H14N2OS/c1-6(11)3-10-7(2)8-4-9-5-12-8/h4-7,10-11H,3H2,1-2H3/t6-,7?/m0/s1. The maximum Gasteiger partial charge on any atom is 0.0794 e. The van der Waals surface area contributed by atoms with Gasteiger partial charge in [-0.3, -0.25) is 4.98 Å². The van der Waals surface area contributed by atoms with E-state index in [0.717, 1.165) is 0 Å². The van der Waals surface area contributed by atoms with Gasteiger partial charge in [0.1, 0.15) is 0 Å². The highest BCUT2D eigenvalue weighted by Crippen LogP contribution is 2.15. The highest BCUT2D eigenvalue weighted by Gasteiger charge is 2.06. The number of aromatic nitrogens is 1. The normalized spacial score (nSPS) is 15.9. The second-order valence-electron chi connectivity index (χ2n) is 2.88. The van der Waals surface area contributed by atoms with Gasteiger partial charge in [-0.2, -0.15) is 0 Å². The zero-order valence-electron chi connectivity index (χ0n) is 7.32. The molecule has 2 N–H and O–H groups in total.